The van der Waals surface area contributed by atoms with Crippen LogP contribution in [-0.4, -0.2) is 18.4 Å². The Morgan fingerprint density at radius 2 is 2.04 bits per heavy atom. The summed E-state index contributed by atoms with van der Waals surface area (Å²) in [7, 11) is 0. The lowest BCUT2D eigenvalue weighted by Crippen LogP contribution is -2.24. The highest BCUT2D eigenvalue weighted by Crippen LogP contribution is 2.21. The molecule has 0 saturated carbocycles. The molecule has 0 unspecified atom stereocenters. The van der Waals surface area contributed by atoms with Crippen molar-refractivity contribution in [2.24, 2.45) is 5.73 Å². The fourth-order valence-corrected chi connectivity index (χ4v) is 2.61. The number of benzene rings is 1. The first-order valence-corrected chi connectivity index (χ1v) is 7.62. The minimum Gasteiger partial charge on any atom is -0.467 e. The van der Waals surface area contributed by atoms with Crippen LogP contribution in [0.1, 0.15) is 34.5 Å². The van der Waals surface area contributed by atoms with Crippen molar-refractivity contribution in [1.29, 1.82) is 0 Å². The normalized spacial score (nSPS) is 13.7. The molecule has 6 nitrogen and oxygen atoms in total. The van der Waals surface area contributed by atoms with E-state index in [1.807, 2.05) is 24.3 Å². The molecule has 2 amide bonds. The fourth-order valence-electron chi connectivity index (χ4n) is 2.61. The van der Waals surface area contributed by atoms with Gasteiger partial charge in [0.05, 0.1) is 12.1 Å². The van der Waals surface area contributed by atoms with Crippen LogP contribution in [-0.2, 0) is 17.9 Å². The predicted molar refractivity (Wildman–Crippen MR) is 93.0 cm³/mol. The highest BCUT2D eigenvalue weighted by Gasteiger charge is 2.21. The van der Waals surface area contributed by atoms with Crippen molar-refractivity contribution in [3.63, 3.8) is 0 Å². The Kier molecular flexibility index (Phi) is 6.00. The first-order valence-electron chi connectivity index (χ1n) is 7.62. The van der Waals surface area contributed by atoms with Gasteiger partial charge in [-0.15, -0.1) is 12.4 Å². The maximum Gasteiger partial charge on any atom is 0.254 e. The Hall–Kier alpha value is -2.31. The minimum absolute atomic E-state index is 0. The van der Waals surface area contributed by atoms with E-state index in [1.54, 1.807) is 11.0 Å². The third-order valence-corrected chi connectivity index (χ3v) is 3.89. The monoisotopic (exact) mass is 349 g/mol. The molecule has 1 fully saturated rings. The van der Waals surface area contributed by atoms with E-state index in [1.165, 1.54) is 6.26 Å². The van der Waals surface area contributed by atoms with Gasteiger partial charge in [-0.05, 0) is 30.2 Å². The van der Waals surface area contributed by atoms with E-state index in [2.05, 4.69) is 5.32 Å². The quantitative estimate of drug-likeness (QED) is 0.866. The molecule has 2 aromatic rings. The molecule has 1 saturated heterocycles. The maximum absolute atomic E-state index is 12.0. The van der Waals surface area contributed by atoms with Gasteiger partial charge in [0.25, 0.3) is 5.91 Å². The zero-order valence-corrected chi connectivity index (χ0v) is 14.0. The molecule has 1 aromatic carbocycles. The van der Waals surface area contributed by atoms with Gasteiger partial charge in [0.2, 0.25) is 5.91 Å². The number of amides is 2. The van der Waals surface area contributed by atoms with Crippen LogP contribution in [0.3, 0.4) is 0 Å². The van der Waals surface area contributed by atoms with Crippen molar-refractivity contribution in [3.05, 3.63) is 53.5 Å². The fraction of sp³-hybridized carbons (Fsp3) is 0.294. The number of hydrogen-bond donors (Lipinski definition) is 2. The number of nitrogens with two attached hydrogens (primary N) is 1. The average Bonchev–Trinajstić information content (AvgIpc) is 3.22. The van der Waals surface area contributed by atoms with Crippen LogP contribution < -0.4 is 16.0 Å². The summed E-state index contributed by atoms with van der Waals surface area (Å²) >= 11 is 0. The third-order valence-electron chi connectivity index (χ3n) is 3.89. The number of anilines is 1. The predicted octanol–water partition coefficient (Wildman–Crippen LogP) is 2.22. The number of halogens is 1. The highest BCUT2D eigenvalue weighted by atomic mass is 35.5. The Labute approximate surface area is 146 Å². The van der Waals surface area contributed by atoms with Crippen molar-refractivity contribution in [2.75, 3.05) is 11.4 Å². The first-order chi connectivity index (χ1) is 11.2. The van der Waals surface area contributed by atoms with Crippen molar-refractivity contribution in [3.8, 4) is 0 Å². The van der Waals surface area contributed by atoms with Crippen molar-refractivity contribution < 1.29 is 14.0 Å². The summed E-state index contributed by atoms with van der Waals surface area (Å²) in [6.45, 7) is 1.46. The summed E-state index contributed by atoms with van der Waals surface area (Å²) in [6.07, 6.45) is 2.93. The van der Waals surface area contributed by atoms with Gasteiger partial charge in [0.1, 0.15) is 12.0 Å². The Bertz CT molecular complexity index is 712. The lowest BCUT2D eigenvalue weighted by Gasteiger charge is -2.16. The number of carbonyl (C=O) groups excluding carboxylic acids is 2. The number of nitrogens with one attached hydrogen (secondary N) is 1. The van der Waals surface area contributed by atoms with E-state index >= 15 is 0 Å². The molecule has 1 aliphatic heterocycles. The van der Waals surface area contributed by atoms with E-state index in [-0.39, 0.29) is 30.8 Å². The molecule has 24 heavy (non-hydrogen) atoms. The largest absolute Gasteiger partial charge is 0.467 e. The van der Waals surface area contributed by atoms with E-state index in [0.29, 0.717) is 24.3 Å². The number of nitrogens with zero attached hydrogens (tertiary/aromatic N) is 1. The molecule has 3 rings (SSSR count). The lowest BCUT2D eigenvalue weighted by molar-refractivity contribution is -0.117. The van der Waals surface area contributed by atoms with E-state index in [0.717, 1.165) is 24.2 Å². The van der Waals surface area contributed by atoms with Crippen molar-refractivity contribution >= 4 is 29.9 Å². The Balaban J connectivity index is 0.00000208. The van der Waals surface area contributed by atoms with E-state index in [4.69, 9.17) is 10.2 Å². The van der Waals surface area contributed by atoms with Gasteiger partial charge in [0.15, 0.2) is 0 Å². The molecule has 7 heteroatoms. The molecule has 1 aliphatic rings. The topological polar surface area (TPSA) is 88.6 Å². The molecule has 128 valence electrons. The highest BCUT2D eigenvalue weighted by molar-refractivity contribution is 5.95. The Morgan fingerprint density at radius 3 is 2.62 bits per heavy atom. The second-order valence-electron chi connectivity index (χ2n) is 5.50. The summed E-state index contributed by atoms with van der Waals surface area (Å²) in [6, 6.07) is 9.30. The zero-order valence-electron chi connectivity index (χ0n) is 13.2. The van der Waals surface area contributed by atoms with Gasteiger partial charge >= 0.3 is 0 Å². The average molecular weight is 350 g/mol. The van der Waals surface area contributed by atoms with Crippen LogP contribution in [0.2, 0.25) is 0 Å². The first kappa shape index (κ1) is 18.0. The van der Waals surface area contributed by atoms with Gasteiger partial charge in [-0.2, -0.15) is 0 Å². The molecule has 0 atom stereocenters. The second-order valence-corrected chi connectivity index (χ2v) is 5.50. The standard InChI is InChI=1S/C17H19N3O3.ClH/c18-9-15-8-13(11-23-15)17(22)19-10-12-3-5-14(6-4-12)20-7-1-2-16(20)21;/h3-6,8,11H,1-2,7,9-10,18H2,(H,19,22);1H. The number of rotatable bonds is 5. The number of furan rings is 1. The van der Waals surface area contributed by atoms with E-state index in [9.17, 15) is 9.59 Å². The summed E-state index contributed by atoms with van der Waals surface area (Å²) in [5.41, 5.74) is 7.79. The minimum atomic E-state index is -0.202. The van der Waals surface area contributed by atoms with Gasteiger partial charge in [-0.1, -0.05) is 12.1 Å². The van der Waals surface area contributed by atoms with Gasteiger partial charge in [-0.25, -0.2) is 0 Å². The molecule has 2 heterocycles. The van der Waals surface area contributed by atoms with Gasteiger partial charge < -0.3 is 20.4 Å². The van der Waals surface area contributed by atoms with E-state index < -0.39 is 0 Å². The summed E-state index contributed by atoms with van der Waals surface area (Å²) in [5, 5.41) is 2.83. The van der Waals surface area contributed by atoms with Crippen LogP contribution in [0, 0.1) is 0 Å². The lowest BCUT2D eigenvalue weighted by atomic mass is 10.2. The van der Waals surface area contributed by atoms with Crippen LogP contribution in [0.15, 0.2) is 41.0 Å². The zero-order chi connectivity index (χ0) is 16.2. The Morgan fingerprint density at radius 1 is 1.29 bits per heavy atom. The third kappa shape index (κ3) is 3.96. The molecular weight excluding hydrogens is 330 g/mol. The van der Waals surface area contributed by atoms with Gasteiger partial charge in [0, 0.05) is 25.2 Å². The van der Waals surface area contributed by atoms with Crippen LogP contribution >= 0.6 is 12.4 Å². The van der Waals surface area contributed by atoms with Crippen molar-refractivity contribution in [1.82, 2.24) is 5.32 Å². The SMILES string of the molecule is Cl.NCc1cc(C(=O)NCc2ccc(N3CCCC3=O)cc2)co1. The molecular formula is C17H20ClN3O3. The number of carbonyl (C=O) groups is 2. The summed E-state index contributed by atoms with van der Waals surface area (Å²) in [5.74, 6) is 0.545. The second kappa shape index (κ2) is 7.99. The van der Waals surface area contributed by atoms with Crippen molar-refractivity contribution in [2.45, 2.75) is 25.9 Å². The van der Waals surface area contributed by atoms with Gasteiger partial charge in [-0.3, -0.25) is 9.59 Å². The molecule has 0 spiro atoms. The smallest absolute Gasteiger partial charge is 0.254 e. The van der Waals surface area contributed by atoms with Crippen LogP contribution in [0.25, 0.3) is 0 Å². The number of hydrogen-bond acceptors (Lipinski definition) is 4. The van der Waals surface area contributed by atoms with Crippen LogP contribution in [0.4, 0.5) is 5.69 Å². The van der Waals surface area contributed by atoms with Crippen LogP contribution in [0.5, 0.6) is 0 Å². The summed E-state index contributed by atoms with van der Waals surface area (Å²) < 4.78 is 5.15. The maximum atomic E-state index is 12.0. The molecule has 0 radical (unpaired) electrons. The molecule has 0 bridgehead atoms. The molecule has 0 aliphatic carbocycles. The molecule has 1 aromatic heterocycles. The summed E-state index contributed by atoms with van der Waals surface area (Å²) in [4.78, 5) is 25.5. The molecule has 3 N–H and O–H groups in total.